The third kappa shape index (κ3) is 3.40. The summed E-state index contributed by atoms with van der Waals surface area (Å²) in [5, 5.41) is 12.9. The van der Waals surface area contributed by atoms with Gasteiger partial charge in [0.15, 0.2) is 16.6 Å². The molecule has 2 N–H and O–H groups in total. The van der Waals surface area contributed by atoms with Crippen molar-refractivity contribution in [3.05, 3.63) is 58.6 Å². The molecule has 26 heavy (non-hydrogen) atoms. The molecule has 0 atom stereocenters. The average Bonchev–Trinajstić information content (AvgIpc) is 2.60. The van der Waals surface area contributed by atoms with Crippen molar-refractivity contribution in [2.75, 3.05) is 12.0 Å². The summed E-state index contributed by atoms with van der Waals surface area (Å²) in [5.41, 5.74) is 0.830. The number of benzene rings is 2. The third-order valence-corrected chi connectivity index (χ3v) is 4.24. The lowest BCUT2D eigenvalue weighted by atomic mass is 10.1. The Balaban J connectivity index is 1.99. The molecular weight excluding hydrogens is 376 g/mol. The average molecular weight is 389 g/mol. The number of thiocarbonyl (C=S) groups is 1. The largest absolute Gasteiger partial charge is 0.504 e. The highest BCUT2D eigenvalue weighted by Gasteiger charge is 2.34. The van der Waals surface area contributed by atoms with Gasteiger partial charge in [-0.15, -0.1) is 0 Å². The van der Waals surface area contributed by atoms with Crippen LogP contribution in [0.25, 0.3) is 6.08 Å². The second-order valence-electron chi connectivity index (χ2n) is 5.37. The van der Waals surface area contributed by atoms with Gasteiger partial charge < -0.3 is 9.84 Å². The van der Waals surface area contributed by atoms with E-state index in [2.05, 4.69) is 5.32 Å². The van der Waals surface area contributed by atoms with Crippen molar-refractivity contribution in [3.8, 4) is 11.5 Å². The van der Waals surface area contributed by atoms with Crippen molar-refractivity contribution in [2.24, 2.45) is 0 Å². The molecule has 0 bridgehead atoms. The molecule has 1 heterocycles. The minimum Gasteiger partial charge on any atom is -0.504 e. The lowest BCUT2D eigenvalue weighted by Gasteiger charge is -2.28. The molecule has 0 aromatic heterocycles. The minimum atomic E-state index is -0.611. The van der Waals surface area contributed by atoms with E-state index in [0.717, 1.165) is 0 Å². The van der Waals surface area contributed by atoms with Gasteiger partial charge in [0.2, 0.25) is 0 Å². The minimum absolute atomic E-state index is 0.0166. The standard InChI is InChI=1S/C18H13ClN2O4S/c1-25-15-7-2-10(9-14(15)22)8-13-16(23)20-18(26)21(17(13)24)12-5-3-11(19)4-6-12/h2-9,22H,1H3,(H,20,23,26)/b13-8+. The monoisotopic (exact) mass is 388 g/mol. The number of phenolic OH excluding ortho intramolecular Hbond substituents is 1. The molecular formula is C18H13ClN2O4S. The Kier molecular flexibility index (Phi) is 4.92. The molecule has 0 saturated carbocycles. The van der Waals surface area contributed by atoms with Crippen molar-refractivity contribution in [1.29, 1.82) is 0 Å². The number of anilines is 1. The zero-order valence-electron chi connectivity index (χ0n) is 13.5. The second-order valence-corrected chi connectivity index (χ2v) is 6.19. The van der Waals surface area contributed by atoms with E-state index in [4.69, 9.17) is 28.6 Å². The molecule has 1 aliphatic rings. The maximum absolute atomic E-state index is 12.8. The first-order chi connectivity index (χ1) is 12.4. The fraction of sp³-hybridized carbons (Fsp3) is 0.0556. The number of carbonyl (C=O) groups excluding carboxylic acids is 2. The first-order valence-electron chi connectivity index (χ1n) is 7.44. The Morgan fingerprint density at radius 1 is 1.19 bits per heavy atom. The summed E-state index contributed by atoms with van der Waals surface area (Å²) in [6.45, 7) is 0. The van der Waals surface area contributed by atoms with Crippen LogP contribution in [0.4, 0.5) is 5.69 Å². The predicted molar refractivity (Wildman–Crippen MR) is 102 cm³/mol. The van der Waals surface area contributed by atoms with Crippen molar-refractivity contribution in [2.45, 2.75) is 0 Å². The first-order valence-corrected chi connectivity index (χ1v) is 8.23. The van der Waals surface area contributed by atoms with E-state index in [1.165, 1.54) is 30.2 Å². The second kappa shape index (κ2) is 7.15. The molecule has 1 fully saturated rings. The van der Waals surface area contributed by atoms with Crippen LogP contribution in [0.15, 0.2) is 48.0 Å². The molecule has 6 nitrogen and oxygen atoms in total. The van der Waals surface area contributed by atoms with Crippen LogP contribution >= 0.6 is 23.8 Å². The van der Waals surface area contributed by atoms with Crippen LogP contribution in [0.3, 0.4) is 0 Å². The number of ether oxygens (including phenoxy) is 1. The van der Waals surface area contributed by atoms with E-state index in [0.29, 0.717) is 16.3 Å². The number of rotatable bonds is 3. The van der Waals surface area contributed by atoms with Gasteiger partial charge in [-0.25, -0.2) is 0 Å². The van der Waals surface area contributed by atoms with Crippen molar-refractivity contribution in [1.82, 2.24) is 5.32 Å². The Morgan fingerprint density at radius 3 is 2.50 bits per heavy atom. The third-order valence-electron chi connectivity index (χ3n) is 3.70. The van der Waals surface area contributed by atoms with E-state index < -0.39 is 11.8 Å². The van der Waals surface area contributed by atoms with Gasteiger partial charge in [-0.2, -0.15) is 0 Å². The van der Waals surface area contributed by atoms with Crippen molar-refractivity contribution >= 4 is 52.5 Å². The molecule has 0 aliphatic carbocycles. The molecule has 0 radical (unpaired) electrons. The summed E-state index contributed by atoms with van der Waals surface area (Å²) in [7, 11) is 1.43. The number of aromatic hydroxyl groups is 1. The lowest BCUT2D eigenvalue weighted by molar-refractivity contribution is -0.122. The van der Waals surface area contributed by atoms with Crippen molar-refractivity contribution in [3.63, 3.8) is 0 Å². The summed E-state index contributed by atoms with van der Waals surface area (Å²) in [6.07, 6.45) is 1.38. The number of nitrogens with one attached hydrogen (secondary N) is 1. The molecule has 3 rings (SSSR count). The van der Waals surface area contributed by atoms with E-state index in [9.17, 15) is 14.7 Å². The SMILES string of the molecule is COc1ccc(/C=C2\C(=O)NC(=S)N(c3ccc(Cl)cc3)C2=O)cc1O. The number of halogens is 1. The van der Waals surface area contributed by atoms with Crippen LogP contribution in [0.2, 0.25) is 5.02 Å². The van der Waals surface area contributed by atoms with E-state index >= 15 is 0 Å². The summed E-state index contributed by atoms with van der Waals surface area (Å²) in [4.78, 5) is 26.3. The van der Waals surface area contributed by atoms with E-state index in [1.54, 1.807) is 30.3 Å². The zero-order chi connectivity index (χ0) is 18.8. The van der Waals surface area contributed by atoms with Gasteiger partial charge in [-0.05, 0) is 60.3 Å². The first kappa shape index (κ1) is 17.9. The molecule has 1 saturated heterocycles. The van der Waals surface area contributed by atoms with E-state index in [-0.39, 0.29) is 22.2 Å². The van der Waals surface area contributed by atoms with Crippen LogP contribution in [0, 0.1) is 0 Å². The van der Waals surface area contributed by atoms with Gasteiger partial charge in [0.25, 0.3) is 11.8 Å². The normalized spacial score (nSPS) is 16.0. The number of methoxy groups -OCH3 is 1. The molecule has 132 valence electrons. The zero-order valence-corrected chi connectivity index (χ0v) is 15.1. The highest BCUT2D eigenvalue weighted by Crippen LogP contribution is 2.28. The number of hydrogen-bond acceptors (Lipinski definition) is 5. The predicted octanol–water partition coefficient (Wildman–Crippen LogP) is 2.89. The van der Waals surface area contributed by atoms with Gasteiger partial charge in [0.1, 0.15) is 5.57 Å². The van der Waals surface area contributed by atoms with Gasteiger partial charge in [-0.1, -0.05) is 17.7 Å². The summed E-state index contributed by atoms with van der Waals surface area (Å²) in [6, 6.07) is 11.0. The maximum atomic E-state index is 12.8. The Labute approximate surface area is 159 Å². The van der Waals surface area contributed by atoms with Crippen LogP contribution in [0.1, 0.15) is 5.56 Å². The van der Waals surface area contributed by atoms with Gasteiger partial charge in [0.05, 0.1) is 12.8 Å². The lowest BCUT2D eigenvalue weighted by Crippen LogP contribution is -2.54. The van der Waals surface area contributed by atoms with Crippen molar-refractivity contribution < 1.29 is 19.4 Å². The highest BCUT2D eigenvalue weighted by molar-refractivity contribution is 7.80. The van der Waals surface area contributed by atoms with Crippen LogP contribution in [-0.2, 0) is 9.59 Å². The fourth-order valence-electron chi connectivity index (χ4n) is 2.45. The molecule has 2 aromatic carbocycles. The summed E-state index contributed by atoms with van der Waals surface area (Å²) < 4.78 is 4.98. The van der Waals surface area contributed by atoms with Gasteiger partial charge in [0, 0.05) is 5.02 Å². The quantitative estimate of drug-likeness (QED) is 0.480. The molecule has 1 aliphatic heterocycles. The summed E-state index contributed by atoms with van der Waals surface area (Å²) >= 11 is 11.0. The highest BCUT2D eigenvalue weighted by atomic mass is 35.5. The van der Waals surface area contributed by atoms with Gasteiger partial charge >= 0.3 is 0 Å². The smallest absolute Gasteiger partial charge is 0.270 e. The van der Waals surface area contributed by atoms with E-state index in [1.807, 2.05) is 0 Å². The molecule has 0 unspecified atom stereocenters. The molecule has 0 spiro atoms. The van der Waals surface area contributed by atoms with Crippen LogP contribution in [-0.4, -0.2) is 29.1 Å². The Morgan fingerprint density at radius 2 is 1.88 bits per heavy atom. The maximum Gasteiger partial charge on any atom is 0.270 e. The fourth-order valence-corrected chi connectivity index (χ4v) is 2.85. The number of hydrogen-bond donors (Lipinski definition) is 2. The topological polar surface area (TPSA) is 78.9 Å². The summed E-state index contributed by atoms with van der Waals surface area (Å²) in [5.74, 6) is -0.997. The number of nitrogens with zero attached hydrogens (tertiary/aromatic N) is 1. The Hall–Kier alpha value is -2.90. The number of carbonyl (C=O) groups is 2. The number of phenols is 1. The van der Waals surface area contributed by atoms with Crippen LogP contribution in [0.5, 0.6) is 11.5 Å². The Bertz CT molecular complexity index is 941. The van der Waals surface area contributed by atoms with Crippen LogP contribution < -0.4 is 15.0 Å². The van der Waals surface area contributed by atoms with Gasteiger partial charge in [-0.3, -0.25) is 19.8 Å². The molecule has 8 heteroatoms. The molecule has 2 aromatic rings. The number of amides is 2. The molecule has 2 amide bonds.